The normalized spacial score (nSPS) is 12.6. The van der Waals surface area contributed by atoms with E-state index < -0.39 is 7.82 Å². The monoisotopic (exact) mass is 566 g/mol. The van der Waals surface area contributed by atoms with Gasteiger partial charge in [0.05, 0.1) is 0 Å². The SMILES string of the molecule is O=P(O)(O)Oc1ccccc1C(I)(I)I. The molecule has 0 heterocycles. The van der Waals surface area contributed by atoms with Gasteiger partial charge in [0.25, 0.3) is 0 Å². The number of alkyl halides is 3. The third-order valence-corrected chi connectivity index (χ3v) is 3.59. The Kier molecular flexibility index (Phi) is 5.13. The molecule has 0 aliphatic carbocycles. The topological polar surface area (TPSA) is 66.8 Å². The standard InChI is InChI=1S/C7H6I3O4P/c8-7(9,10)5-3-1-2-4-6(5)14-15(11,12)13/h1-4H,(H2,11,12,13). The first-order valence-electron chi connectivity index (χ1n) is 3.61. The lowest BCUT2D eigenvalue weighted by atomic mass is 10.2. The van der Waals surface area contributed by atoms with Crippen LogP contribution in [0.15, 0.2) is 24.3 Å². The molecular formula is C7H6I3O4P. The summed E-state index contributed by atoms with van der Waals surface area (Å²) in [6, 6.07) is 6.78. The molecule has 84 valence electrons. The molecule has 0 aliphatic heterocycles. The first-order valence-corrected chi connectivity index (χ1v) is 8.38. The van der Waals surface area contributed by atoms with Crippen molar-refractivity contribution in [3.05, 3.63) is 29.8 Å². The highest BCUT2D eigenvalue weighted by Gasteiger charge is 2.27. The van der Waals surface area contributed by atoms with Gasteiger partial charge in [-0.2, -0.15) is 0 Å². The average molecular weight is 566 g/mol. The lowest BCUT2D eigenvalue weighted by Gasteiger charge is -2.17. The van der Waals surface area contributed by atoms with E-state index in [0.29, 0.717) is 0 Å². The molecule has 0 aromatic heterocycles. The van der Waals surface area contributed by atoms with E-state index in [1.807, 2.05) is 0 Å². The summed E-state index contributed by atoms with van der Waals surface area (Å²) in [5.41, 5.74) is 0.732. The summed E-state index contributed by atoms with van der Waals surface area (Å²) in [4.78, 5) is 17.5. The molecule has 0 atom stereocenters. The Labute approximate surface area is 128 Å². The van der Waals surface area contributed by atoms with Gasteiger partial charge >= 0.3 is 7.82 Å². The fourth-order valence-corrected chi connectivity index (χ4v) is 2.66. The Morgan fingerprint density at radius 2 is 1.73 bits per heavy atom. The number of halogens is 3. The second-order valence-corrected chi connectivity index (χ2v) is 14.8. The summed E-state index contributed by atoms with van der Waals surface area (Å²) in [6.45, 7) is 0. The van der Waals surface area contributed by atoms with Crippen LogP contribution in [0.4, 0.5) is 0 Å². The molecule has 1 aromatic rings. The highest BCUT2D eigenvalue weighted by molar-refractivity contribution is 14.3. The molecule has 0 unspecified atom stereocenters. The summed E-state index contributed by atoms with van der Waals surface area (Å²) >= 11 is 6.48. The van der Waals surface area contributed by atoms with Crippen LogP contribution in [0.2, 0.25) is 0 Å². The van der Waals surface area contributed by atoms with E-state index in [0.717, 1.165) is 5.56 Å². The molecule has 1 rings (SSSR count). The van der Waals surface area contributed by atoms with Gasteiger partial charge in [-0.05, 0) is 73.8 Å². The molecular weight excluding hydrogens is 560 g/mol. The van der Waals surface area contributed by atoms with Crippen LogP contribution in [-0.2, 0) is 4.00 Å². The number of hydrogen-bond acceptors (Lipinski definition) is 2. The van der Waals surface area contributed by atoms with E-state index >= 15 is 0 Å². The highest BCUT2D eigenvalue weighted by atomic mass is 127. The van der Waals surface area contributed by atoms with E-state index in [1.165, 1.54) is 0 Å². The Morgan fingerprint density at radius 1 is 1.20 bits per heavy atom. The van der Waals surface area contributed by atoms with E-state index in [1.54, 1.807) is 24.3 Å². The number of phosphoric ester groups is 1. The molecule has 1 aromatic carbocycles. The highest BCUT2D eigenvalue weighted by Crippen LogP contribution is 2.51. The number of para-hydroxylation sites is 1. The third-order valence-electron chi connectivity index (χ3n) is 1.41. The van der Waals surface area contributed by atoms with Gasteiger partial charge in [-0.3, -0.25) is 9.79 Å². The maximum Gasteiger partial charge on any atom is 0.524 e. The molecule has 0 radical (unpaired) electrons. The predicted octanol–water partition coefficient (Wildman–Crippen LogP) is 3.57. The van der Waals surface area contributed by atoms with Crippen LogP contribution in [-0.4, -0.2) is 9.79 Å². The van der Waals surface area contributed by atoms with Crippen LogP contribution in [0.3, 0.4) is 0 Å². The summed E-state index contributed by atoms with van der Waals surface area (Å²) in [7, 11) is -4.49. The van der Waals surface area contributed by atoms with Crippen molar-refractivity contribution >= 4 is 75.6 Å². The van der Waals surface area contributed by atoms with Crippen molar-refractivity contribution in [1.82, 2.24) is 0 Å². The molecule has 0 bridgehead atoms. The van der Waals surface area contributed by atoms with E-state index in [-0.39, 0.29) is 5.18 Å². The van der Waals surface area contributed by atoms with Crippen molar-refractivity contribution < 1.29 is 18.9 Å². The van der Waals surface area contributed by atoms with Crippen LogP contribution >= 0.6 is 75.6 Å². The van der Waals surface area contributed by atoms with E-state index in [9.17, 15) is 4.57 Å². The van der Waals surface area contributed by atoms with Crippen molar-refractivity contribution in [2.75, 3.05) is 0 Å². The summed E-state index contributed by atoms with van der Waals surface area (Å²) in [6.07, 6.45) is 0. The van der Waals surface area contributed by atoms with Crippen LogP contribution in [0.1, 0.15) is 5.56 Å². The number of phosphoric acid groups is 1. The Balaban J connectivity index is 3.14. The molecule has 0 saturated heterocycles. The Morgan fingerprint density at radius 3 is 2.20 bits per heavy atom. The van der Waals surface area contributed by atoms with Gasteiger partial charge in [-0.1, -0.05) is 18.2 Å². The maximum atomic E-state index is 10.7. The molecule has 0 spiro atoms. The number of rotatable bonds is 3. The van der Waals surface area contributed by atoms with Gasteiger partial charge in [0.15, 0.2) is -0.565 Å². The lowest BCUT2D eigenvalue weighted by Crippen LogP contribution is -2.01. The van der Waals surface area contributed by atoms with Crippen molar-refractivity contribution in [2.45, 2.75) is -0.565 Å². The van der Waals surface area contributed by atoms with Gasteiger partial charge in [-0.15, -0.1) is 0 Å². The zero-order valence-corrected chi connectivity index (χ0v) is 14.5. The Hall–Kier alpha value is 1.36. The molecule has 0 aliphatic rings. The minimum atomic E-state index is -4.49. The first-order chi connectivity index (χ1) is 6.70. The molecule has 8 heteroatoms. The van der Waals surface area contributed by atoms with Crippen LogP contribution in [0.5, 0.6) is 5.75 Å². The molecule has 2 N–H and O–H groups in total. The van der Waals surface area contributed by atoms with Crippen LogP contribution in [0, 0.1) is 0 Å². The average Bonchev–Trinajstić information content (AvgIpc) is 1.99. The van der Waals surface area contributed by atoms with Crippen molar-refractivity contribution in [3.8, 4) is 5.75 Å². The summed E-state index contributed by atoms with van der Waals surface area (Å²) in [5, 5.41) is 0. The zero-order chi connectivity index (χ0) is 11.7. The van der Waals surface area contributed by atoms with Gasteiger partial charge < -0.3 is 4.52 Å². The number of benzene rings is 1. The van der Waals surface area contributed by atoms with Gasteiger partial charge in [0.1, 0.15) is 5.75 Å². The van der Waals surface area contributed by atoms with Crippen LogP contribution in [0.25, 0.3) is 0 Å². The zero-order valence-electron chi connectivity index (χ0n) is 7.10. The minimum absolute atomic E-state index is 0.212. The van der Waals surface area contributed by atoms with Crippen molar-refractivity contribution in [1.29, 1.82) is 0 Å². The first kappa shape index (κ1) is 14.4. The summed E-state index contributed by atoms with van der Waals surface area (Å²) < 4.78 is 15.0. The number of hydrogen-bond donors (Lipinski definition) is 2. The van der Waals surface area contributed by atoms with E-state index in [2.05, 4.69) is 72.3 Å². The van der Waals surface area contributed by atoms with Gasteiger partial charge in [0.2, 0.25) is 0 Å². The molecule has 0 fully saturated rings. The van der Waals surface area contributed by atoms with Crippen molar-refractivity contribution in [3.63, 3.8) is 0 Å². The fraction of sp³-hybridized carbons (Fsp3) is 0.143. The maximum absolute atomic E-state index is 10.7. The summed E-state index contributed by atoms with van der Waals surface area (Å²) in [5.74, 6) is 0.212. The van der Waals surface area contributed by atoms with Crippen molar-refractivity contribution in [2.24, 2.45) is 0 Å². The second-order valence-electron chi connectivity index (χ2n) is 2.58. The second kappa shape index (κ2) is 5.34. The minimum Gasteiger partial charge on any atom is -0.404 e. The Bertz CT molecular complexity index is 397. The predicted molar refractivity (Wildman–Crippen MR) is 82.9 cm³/mol. The smallest absolute Gasteiger partial charge is 0.404 e. The quantitative estimate of drug-likeness (QED) is 0.334. The molecule has 15 heavy (non-hydrogen) atoms. The lowest BCUT2D eigenvalue weighted by molar-refractivity contribution is 0.282. The molecule has 4 nitrogen and oxygen atoms in total. The van der Waals surface area contributed by atoms with Gasteiger partial charge in [0, 0.05) is 5.56 Å². The van der Waals surface area contributed by atoms with E-state index in [4.69, 9.17) is 9.79 Å². The fourth-order valence-electron chi connectivity index (χ4n) is 0.909. The third kappa shape index (κ3) is 5.02. The van der Waals surface area contributed by atoms with Crippen LogP contribution < -0.4 is 4.52 Å². The molecule has 0 saturated carbocycles. The van der Waals surface area contributed by atoms with Gasteiger partial charge in [-0.25, -0.2) is 4.57 Å². The molecule has 0 amide bonds. The largest absolute Gasteiger partial charge is 0.524 e.